The summed E-state index contributed by atoms with van der Waals surface area (Å²) in [6.07, 6.45) is 0.472. The lowest BCUT2D eigenvalue weighted by atomic mass is 10.1. The van der Waals surface area contributed by atoms with Crippen molar-refractivity contribution in [2.24, 2.45) is 11.7 Å². The third-order valence-electron chi connectivity index (χ3n) is 2.30. The summed E-state index contributed by atoms with van der Waals surface area (Å²) in [6.45, 7) is 3.86. The Morgan fingerprint density at radius 1 is 1.44 bits per heavy atom. The molecule has 0 aliphatic carbocycles. The van der Waals surface area contributed by atoms with Gasteiger partial charge in [0.1, 0.15) is 6.04 Å². The van der Waals surface area contributed by atoms with E-state index in [2.05, 4.69) is 0 Å². The molecule has 0 saturated heterocycles. The number of hydrogen-bond donors (Lipinski definition) is 1. The van der Waals surface area contributed by atoms with Crippen molar-refractivity contribution in [1.29, 1.82) is 0 Å². The van der Waals surface area contributed by atoms with Crippen molar-refractivity contribution >= 4 is 11.7 Å². The predicted molar refractivity (Wildman–Crippen MR) is 66.2 cm³/mol. The van der Waals surface area contributed by atoms with Gasteiger partial charge in [-0.25, -0.2) is 4.79 Å². The monoisotopic (exact) mass is 252 g/mol. The Morgan fingerprint density at radius 2 is 2.06 bits per heavy atom. The molecule has 0 unspecified atom stereocenters. The zero-order valence-corrected chi connectivity index (χ0v) is 10.3. The van der Waals surface area contributed by atoms with Gasteiger partial charge in [0.05, 0.1) is 4.92 Å². The molecule has 0 amide bonds. The lowest BCUT2D eigenvalue weighted by molar-refractivity contribution is -0.385. The molecule has 1 aromatic rings. The number of esters is 1. The third-order valence-corrected chi connectivity index (χ3v) is 2.30. The second kappa shape index (κ2) is 6.11. The summed E-state index contributed by atoms with van der Waals surface area (Å²) >= 11 is 0. The molecule has 2 N–H and O–H groups in total. The van der Waals surface area contributed by atoms with Gasteiger partial charge in [0, 0.05) is 6.07 Å². The number of nitro groups is 1. The van der Waals surface area contributed by atoms with E-state index in [1.807, 2.05) is 13.8 Å². The quantitative estimate of drug-likeness (QED) is 0.373. The highest BCUT2D eigenvalue weighted by Gasteiger charge is 2.21. The number of benzene rings is 1. The molecule has 0 radical (unpaired) electrons. The maximum atomic E-state index is 11.7. The van der Waals surface area contributed by atoms with Crippen LogP contribution in [0.1, 0.15) is 20.3 Å². The lowest BCUT2D eigenvalue weighted by Gasteiger charge is -2.12. The van der Waals surface area contributed by atoms with Gasteiger partial charge in [-0.3, -0.25) is 10.1 Å². The zero-order valence-electron chi connectivity index (χ0n) is 10.3. The molecule has 6 nitrogen and oxygen atoms in total. The highest BCUT2D eigenvalue weighted by molar-refractivity contribution is 5.79. The summed E-state index contributed by atoms with van der Waals surface area (Å²) in [5, 5.41) is 10.7. The third kappa shape index (κ3) is 3.81. The van der Waals surface area contributed by atoms with E-state index < -0.39 is 16.9 Å². The second-order valence-electron chi connectivity index (χ2n) is 4.38. The Balaban J connectivity index is 2.79. The van der Waals surface area contributed by atoms with E-state index in [0.29, 0.717) is 6.42 Å². The number of nitrogens with zero attached hydrogens (tertiary/aromatic N) is 1. The van der Waals surface area contributed by atoms with Crippen LogP contribution in [0, 0.1) is 16.0 Å². The number of rotatable bonds is 5. The highest BCUT2D eigenvalue weighted by Crippen LogP contribution is 2.26. The van der Waals surface area contributed by atoms with Gasteiger partial charge in [-0.1, -0.05) is 26.0 Å². The summed E-state index contributed by atoms with van der Waals surface area (Å²) in [5.74, 6) is -0.483. The Labute approximate surface area is 105 Å². The molecule has 0 bridgehead atoms. The zero-order chi connectivity index (χ0) is 13.7. The molecular weight excluding hydrogens is 236 g/mol. The van der Waals surface area contributed by atoms with Crippen LogP contribution in [0.5, 0.6) is 5.75 Å². The number of carbonyl (C=O) groups excluding carboxylic acids is 1. The van der Waals surface area contributed by atoms with E-state index in [-0.39, 0.29) is 17.4 Å². The number of nitrogens with two attached hydrogens (primary N) is 1. The van der Waals surface area contributed by atoms with Crippen molar-refractivity contribution in [3.05, 3.63) is 34.4 Å². The van der Waals surface area contributed by atoms with Gasteiger partial charge in [-0.2, -0.15) is 0 Å². The average Bonchev–Trinajstić information content (AvgIpc) is 2.28. The molecule has 0 spiro atoms. The van der Waals surface area contributed by atoms with E-state index in [9.17, 15) is 14.9 Å². The highest BCUT2D eigenvalue weighted by atomic mass is 16.6. The maximum absolute atomic E-state index is 11.7. The van der Waals surface area contributed by atoms with Crippen LogP contribution in [-0.4, -0.2) is 16.9 Å². The predicted octanol–water partition coefficient (Wildman–Crippen LogP) is 1.87. The van der Waals surface area contributed by atoms with Crippen LogP contribution in [-0.2, 0) is 4.79 Å². The minimum atomic E-state index is -0.773. The van der Waals surface area contributed by atoms with Crippen LogP contribution in [0.3, 0.4) is 0 Å². The average molecular weight is 252 g/mol. The van der Waals surface area contributed by atoms with Gasteiger partial charge < -0.3 is 10.5 Å². The number of ether oxygens (including phenoxy) is 1. The molecule has 0 heterocycles. The number of nitro benzene ring substituents is 1. The molecular formula is C12H16N2O4. The second-order valence-corrected chi connectivity index (χ2v) is 4.38. The van der Waals surface area contributed by atoms with E-state index in [1.54, 1.807) is 6.07 Å². The fraction of sp³-hybridized carbons (Fsp3) is 0.417. The Bertz CT molecular complexity index is 445. The molecule has 0 aliphatic heterocycles. The standard InChI is InChI=1S/C12H16N2O4/c1-8(2)7-9(13)12(15)18-11-6-4-3-5-10(11)14(16)17/h3-6,8-9H,7,13H2,1-2H3/t9-/m0/s1. The van der Waals surface area contributed by atoms with E-state index in [0.717, 1.165) is 0 Å². The van der Waals surface area contributed by atoms with Gasteiger partial charge in [-0.05, 0) is 18.4 Å². The molecule has 1 atom stereocenters. The molecule has 6 heteroatoms. The van der Waals surface area contributed by atoms with Crippen molar-refractivity contribution < 1.29 is 14.5 Å². The molecule has 1 aromatic carbocycles. The number of para-hydroxylation sites is 2. The smallest absolute Gasteiger partial charge is 0.328 e. The Morgan fingerprint density at radius 3 is 2.61 bits per heavy atom. The van der Waals surface area contributed by atoms with Crippen LogP contribution in [0.4, 0.5) is 5.69 Å². The molecule has 0 aliphatic rings. The minimum Gasteiger partial charge on any atom is -0.418 e. The van der Waals surface area contributed by atoms with Gasteiger partial charge in [0.2, 0.25) is 5.75 Å². The van der Waals surface area contributed by atoms with E-state index >= 15 is 0 Å². The summed E-state index contributed by atoms with van der Waals surface area (Å²) < 4.78 is 4.96. The summed E-state index contributed by atoms with van der Waals surface area (Å²) in [5.41, 5.74) is 5.40. The number of carbonyl (C=O) groups is 1. The first-order chi connectivity index (χ1) is 8.41. The van der Waals surface area contributed by atoms with Crippen molar-refractivity contribution in [3.8, 4) is 5.75 Å². The maximum Gasteiger partial charge on any atom is 0.328 e. The van der Waals surface area contributed by atoms with E-state index in [1.165, 1.54) is 18.2 Å². The van der Waals surface area contributed by atoms with Crippen LogP contribution in [0.2, 0.25) is 0 Å². The van der Waals surface area contributed by atoms with Crippen LogP contribution < -0.4 is 10.5 Å². The van der Waals surface area contributed by atoms with Crippen molar-refractivity contribution in [2.75, 3.05) is 0 Å². The molecule has 0 aromatic heterocycles. The fourth-order valence-corrected chi connectivity index (χ4v) is 1.48. The van der Waals surface area contributed by atoms with Gasteiger partial charge >= 0.3 is 11.7 Å². The first-order valence-corrected chi connectivity index (χ1v) is 5.62. The SMILES string of the molecule is CC(C)C[C@H](N)C(=O)Oc1ccccc1[N+](=O)[O-]. The van der Waals surface area contributed by atoms with Gasteiger partial charge in [0.15, 0.2) is 0 Å². The lowest BCUT2D eigenvalue weighted by Crippen LogP contribution is -2.35. The molecule has 1 rings (SSSR count). The largest absolute Gasteiger partial charge is 0.418 e. The summed E-state index contributed by atoms with van der Waals surface area (Å²) in [4.78, 5) is 21.8. The van der Waals surface area contributed by atoms with Crippen LogP contribution >= 0.6 is 0 Å². The molecule has 0 fully saturated rings. The molecule has 98 valence electrons. The van der Waals surface area contributed by atoms with Crippen molar-refractivity contribution in [3.63, 3.8) is 0 Å². The minimum absolute atomic E-state index is 0.0771. The summed E-state index contributed by atoms with van der Waals surface area (Å²) in [7, 11) is 0. The first-order valence-electron chi connectivity index (χ1n) is 5.62. The van der Waals surface area contributed by atoms with Crippen LogP contribution in [0.15, 0.2) is 24.3 Å². The molecule has 18 heavy (non-hydrogen) atoms. The number of hydrogen-bond acceptors (Lipinski definition) is 5. The van der Waals surface area contributed by atoms with Gasteiger partial charge in [0.25, 0.3) is 0 Å². The van der Waals surface area contributed by atoms with Crippen molar-refractivity contribution in [1.82, 2.24) is 0 Å². The fourth-order valence-electron chi connectivity index (χ4n) is 1.48. The van der Waals surface area contributed by atoms with Crippen LogP contribution in [0.25, 0.3) is 0 Å². The molecule has 0 saturated carbocycles. The Hall–Kier alpha value is -1.95. The summed E-state index contributed by atoms with van der Waals surface area (Å²) in [6, 6.07) is 4.94. The first kappa shape index (κ1) is 14.1. The Kier molecular flexibility index (Phi) is 4.79. The van der Waals surface area contributed by atoms with Crippen molar-refractivity contribution in [2.45, 2.75) is 26.3 Å². The van der Waals surface area contributed by atoms with Gasteiger partial charge in [-0.15, -0.1) is 0 Å². The normalized spacial score (nSPS) is 12.2. The topological polar surface area (TPSA) is 95.5 Å². The van der Waals surface area contributed by atoms with E-state index in [4.69, 9.17) is 10.5 Å².